The van der Waals surface area contributed by atoms with E-state index in [0.717, 1.165) is 6.07 Å². The molecule has 0 unspecified atom stereocenters. The summed E-state index contributed by atoms with van der Waals surface area (Å²) in [5.41, 5.74) is 5.17. The summed E-state index contributed by atoms with van der Waals surface area (Å²) >= 11 is 0. The predicted molar refractivity (Wildman–Crippen MR) is 110 cm³/mol. The number of nitrogens with zero attached hydrogens (tertiary/aromatic N) is 1. The van der Waals surface area contributed by atoms with Gasteiger partial charge in [-0.05, 0) is 44.9 Å². The summed E-state index contributed by atoms with van der Waals surface area (Å²) in [6, 6.07) is 5.30. The minimum atomic E-state index is -1.10. The van der Waals surface area contributed by atoms with Gasteiger partial charge in [0.25, 0.3) is 11.8 Å². The zero-order valence-corrected chi connectivity index (χ0v) is 17.7. The Balaban J connectivity index is 1.99. The molecule has 166 valence electrons. The van der Waals surface area contributed by atoms with Gasteiger partial charge in [0, 0.05) is 23.4 Å². The number of amides is 2. The van der Waals surface area contributed by atoms with E-state index in [1.807, 2.05) is 20.8 Å². The molecule has 7 nitrogen and oxygen atoms in total. The van der Waals surface area contributed by atoms with Crippen molar-refractivity contribution in [2.24, 2.45) is 11.7 Å². The number of carbonyl (C=O) groups excluding carboxylic acids is 2. The van der Waals surface area contributed by atoms with E-state index in [1.165, 1.54) is 24.4 Å². The molecular formula is C22H25F2N3O4. The van der Waals surface area contributed by atoms with E-state index < -0.39 is 41.1 Å². The molecule has 0 spiro atoms. The first-order valence-electron chi connectivity index (χ1n) is 9.92. The number of primary amides is 1. The van der Waals surface area contributed by atoms with Crippen molar-refractivity contribution in [3.63, 3.8) is 0 Å². The van der Waals surface area contributed by atoms with Crippen LogP contribution in [-0.2, 0) is 9.53 Å². The van der Waals surface area contributed by atoms with Crippen molar-refractivity contribution in [2.75, 3.05) is 11.9 Å². The number of ether oxygens (including phenoxy) is 2. The number of pyridine rings is 1. The smallest absolute Gasteiger partial charge is 0.267 e. The van der Waals surface area contributed by atoms with E-state index in [4.69, 9.17) is 15.2 Å². The van der Waals surface area contributed by atoms with E-state index in [1.54, 1.807) is 6.92 Å². The lowest BCUT2D eigenvalue weighted by Crippen LogP contribution is -2.33. The number of rotatable bonds is 6. The lowest BCUT2D eigenvalue weighted by molar-refractivity contribution is -0.131. The van der Waals surface area contributed by atoms with Gasteiger partial charge >= 0.3 is 0 Å². The molecule has 1 aliphatic heterocycles. The Morgan fingerprint density at radius 2 is 2.00 bits per heavy atom. The van der Waals surface area contributed by atoms with Crippen LogP contribution in [0.3, 0.4) is 0 Å². The monoisotopic (exact) mass is 433 g/mol. The number of nitrogens with two attached hydrogens (primary N) is 1. The van der Waals surface area contributed by atoms with Crippen molar-refractivity contribution >= 4 is 17.5 Å². The Bertz CT molecular complexity index is 1010. The third kappa shape index (κ3) is 4.36. The Labute approximate surface area is 178 Å². The minimum absolute atomic E-state index is 0.00498. The van der Waals surface area contributed by atoms with Crippen LogP contribution >= 0.6 is 0 Å². The molecule has 9 heteroatoms. The summed E-state index contributed by atoms with van der Waals surface area (Å²) in [6.07, 6.45) is 0.330. The van der Waals surface area contributed by atoms with E-state index in [-0.39, 0.29) is 24.0 Å². The number of hydrogen-bond donors (Lipinski definition) is 2. The molecule has 31 heavy (non-hydrogen) atoms. The van der Waals surface area contributed by atoms with Crippen LogP contribution in [0, 0.1) is 17.6 Å². The molecule has 1 aromatic carbocycles. The van der Waals surface area contributed by atoms with Gasteiger partial charge in [-0.15, -0.1) is 0 Å². The summed E-state index contributed by atoms with van der Waals surface area (Å²) in [5, 5.41) is 2.69. The summed E-state index contributed by atoms with van der Waals surface area (Å²) in [5.74, 6) is -4.43. The molecule has 2 amide bonds. The average molecular weight is 433 g/mol. The normalized spacial score (nSPS) is 22.2. The molecule has 2 heterocycles. The Kier molecular flexibility index (Phi) is 6.26. The van der Waals surface area contributed by atoms with E-state index >= 15 is 0 Å². The summed E-state index contributed by atoms with van der Waals surface area (Å²) in [7, 11) is 0. The predicted octanol–water partition coefficient (Wildman–Crippen LogP) is 3.39. The van der Waals surface area contributed by atoms with Crippen LogP contribution in [0.15, 0.2) is 30.5 Å². The molecule has 1 fully saturated rings. The van der Waals surface area contributed by atoms with Gasteiger partial charge < -0.3 is 20.5 Å². The average Bonchev–Trinajstić information content (AvgIpc) is 2.96. The molecule has 0 aliphatic carbocycles. The van der Waals surface area contributed by atoms with Crippen LogP contribution in [0.1, 0.15) is 49.7 Å². The zero-order valence-electron chi connectivity index (χ0n) is 17.7. The third-order valence-corrected chi connectivity index (χ3v) is 5.66. The fraction of sp³-hybridized carbons (Fsp3) is 0.409. The van der Waals surface area contributed by atoms with Gasteiger partial charge in [-0.2, -0.15) is 4.39 Å². The molecular weight excluding hydrogens is 408 g/mol. The van der Waals surface area contributed by atoms with Gasteiger partial charge in [-0.3, -0.25) is 14.6 Å². The van der Waals surface area contributed by atoms with Crippen molar-refractivity contribution in [2.45, 2.75) is 45.3 Å². The maximum atomic E-state index is 14.5. The Morgan fingerprint density at radius 1 is 1.29 bits per heavy atom. The van der Waals surface area contributed by atoms with Crippen LogP contribution in [0.5, 0.6) is 5.75 Å². The second kappa shape index (κ2) is 8.58. The van der Waals surface area contributed by atoms with Crippen molar-refractivity contribution < 1.29 is 27.8 Å². The van der Waals surface area contributed by atoms with Gasteiger partial charge in [0.15, 0.2) is 11.6 Å². The van der Waals surface area contributed by atoms with Gasteiger partial charge in [-0.25, -0.2) is 4.39 Å². The van der Waals surface area contributed by atoms with Crippen molar-refractivity contribution in [3.05, 3.63) is 53.4 Å². The fourth-order valence-corrected chi connectivity index (χ4v) is 3.81. The molecule has 1 saturated heterocycles. The number of benzene rings is 1. The lowest BCUT2D eigenvalue weighted by Gasteiger charge is -2.26. The summed E-state index contributed by atoms with van der Waals surface area (Å²) < 4.78 is 39.8. The van der Waals surface area contributed by atoms with Crippen molar-refractivity contribution in [1.29, 1.82) is 0 Å². The number of hydrogen-bond acceptors (Lipinski definition) is 5. The van der Waals surface area contributed by atoms with Gasteiger partial charge in [-0.1, -0.05) is 13.0 Å². The van der Waals surface area contributed by atoms with Crippen molar-refractivity contribution in [3.8, 4) is 5.75 Å². The molecule has 3 N–H and O–H groups in total. The van der Waals surface area contributed by atoms with E-state index in [2.05, 4.69) is 10.3 Å². The van der Waals surface area contributed by atoms with Crippen molar-refractivity contribution in [1.82, 2.24) is 4.98 Å². The number of carbonyl (C=O) groups is 2. The highest BCUT2D eigenvalue weighted by Crippen LogP contribution is 2.49. The molecule has 0 radical (unpaired) electrons. The first kappa shape index (κ1) is 22.6. The Hall–Kier alpha value is -3.07. The van der Waals surface area contributed by atoms with Crippen LogP contribution in [0.2, 0.25) is 0 Å². The lowest BCUT2D eigenvalue weighted by atomic mass is 9.78. The van der Waals surface area contributed by atoms with Crippen LogP contribution < -0.4 is 15.8 Å². The molecule has 1 aliphatic rings. The second-order valence-corrected chi connectivity index (χ2v) is 7.95. The topological polar surface area (TPSA) is 104 Å². The first-order chi connectivity index (χ1) is 14.6. The molecule has 3 atom stereocenters. The van der Waals surface area contributed by atoms with E-state index in [0.29, 0.717) is 11.3 Å². The second-order valence-electron chi connectivity index (χ2n) is 7.95. The quantitative estimate of drug-likeness (QED) is 0.727. The zero-order chi connectivity index (χ0) is 22.9. The number of aromatic nitrogens is 1. The molecule has 3 rings (SSSR count). The maximum absolute atomic E-state index is 14.5. The first-order valence-corrected chi connectivity index (χ1v) is 9.92. The van der Waals surface area contributed by atoms with Gasteiger partial charge in [0.1, 0.15) is 11.8 Å². The minimum Gasteiger partial charge on any atom is -0.490 e. The third-order valence-electron chi connectivity index (χ3n) is 5.66. The molecule has 0 bridgehead atoms. The standard InChI is InChI=1S/C22H25F2N3O4/c1-5-30-18-13(6-7-14(23)17(18)24)16-11(2)22(3,4)31-19(16)21(29)27-12-8-9-26-15(10-12)20(25)28/h6-11,16,19H,5H2,1-4H3,(H2,25,28)(H,26,27,29)/t11-,16-,19+/m1/s1. The highest BCUT2D eigenvalue weighted by molar-refractivity contribution is 5.97. The fourth-order valence-electron chi connectivity index (χ4n) is 3.81. The van der Waals surface area contributed by atoms with Crippen LogP contribution in [-0.4, -0.2) is 35.1 Å². The number of nitrogens with one attached hydrogen (secondary N) is 1. The van der Waals surface area contributed by atoms with Crippen LogP contribution in [0.25, 0.3) is 0 Å². The molecule has 2 aromatic rings. The number of anilines is 1. The van der Waals surface area contributed by atoms with E-state index in [9.17, 15) is 18.4 Å². The number of halogens is 2. The molecule has 0 saturated carbocycles. The SMILES string of the molecule is CCOc1c([C@@H]2[C@@H](C(=O)Nc3ccnc(C(N)=O)c3)OC(C)(C)[C@@H]2C)ccc(F)c1F. The van der Waals surface area contributed by atoms with Crippen LogP contribution in [0.4, 0.5) is 14.5 Å². The van der Waals surface area contributed by atoms with Gasteiger partial charge in [0.2, 0.25) is 5.82 Å². The summed E-state index contributed by atoms with van der Waals surface area (Å²) in [4.78, 5) is 28.4. The highest BCUT2D eigenvalue weighted by atomic mass is 19.2. The Morgan fingerprint density at radius 3 is 2.65 bits per heavy atom. The molecule has 1 aromatic heterocycles. The highest BCUT2D eigenvalue weighted by Gasteiger charge is 2.51. The summed E-state index contributed by atoms with van der Waals surface area (Å²) in [6.45, 7) is 7.33. The van der Waals surface area contributed by atoms with Gasteiger partial charge in [0.05, 0.1) is 12.2 Å². The maximum Gasteiger partial charge on any atom is 0.267 e. The largest absolute Gasteiger partial charge is 0.490 e.